The first-order chi connectivity index (χ1) is 21.4. The number of hydrogen-bond acceptors (Lipinski definition) is 5. The van der Waals surface area contributed by atoms with Crippen LogP contribution in [0.5, 0.6) is 0 Å². The van der Waals surface area contributed by atoms with Crippen LogP contribution in [-0.2, 0) is 23.2 Å². The Bertz CT molecular complexity index is 1940. The summed E-state index contributed by atoms with van der Waals surface area (Å²) in [5.41, 5.74) is 3.35. The van der Waals surface area contributed by atoms with E-state index in [0.717, 1.165) is 22.4 Å². The fraction of sp³-hybridized carbons (Fsp3) is 0.364. The number of rotatable bonds is 7. The zero-order valence-corrected chi connectivity index (χ0v) is 25.8. The monoisotopic (exact) mass is 634 g/mol. The second-order valence-corrected chi connectivity index (χ2v) is 14.8. The van der Waals surface area contributed by atoms with Crippen molar-refractivity contribution >= 4 is 27.4 Å². The van der Waals surface area contributed by atoms with Crippen LogP contribution < -0.4 is 0 Å². The molecule has 1 unspecified atom stereocenters. The number of Topliss-reactive ketones (excluding diaryl/α,β-unsaturated/α-hetero) is 1. The summed E-state index contributed by atoms with van der Waals surface area (Å²) >= 11 is 0. The van der Waals surface area contributed by atoms with Crippen molar-refractivity contribution < 1.29 is 22.2 Å². The van der Waals surface area contributed by atoms with Gasteiger partial charge in [-0.2, -0.15) is 10.2 Å². The predicted octanol–water partition coefficient (Wildman–Crippen LogP) is 5.60. The number of ketones is 1. The molecule has 0 amide bonds. The molecule has 3 atom stereocenters. The largest absolute Gasteiger partial charge is 0.291 e. The maximum atomic E-state index is 14.7. The van der Waals surface area contributed by atoms with E-state index in [1.807, 2.05) is 19.1 Å². The molecule has 2 saturated carbocycles. The fourth-order valence-corrected chi connectivity index (χ4v) is 9.33. The Kier molecular flexibility index (Phi) is 6.93. The highest BCUT2D eigenvalue weighted by Crippen LogP contribution is 2.53. The number of carbonyl (C=O) groups is 1. The topological polar surface area (TPSA) is 85.9 Å². The van der Waals surface area contributed by atoms with Gasteiger partial charge in [-0.15, -0.1) is 0 Å². The summed E-state index contributed by atoms with van der Waals surface area (Å²) in [6.07, 6.45) is 9.09. The number of hydrogen-bond donors (Lipinski definition) is 0. The first kappa shape index (κ1) is 29.7. The van der Waals surface area contributed by atoms with E-state index in [9.17, 15) is 22.2 Å². The molecule has 1 aromatic carbocycles. The molecule has 0 aliphatic heterocycles. The second-order valence-electron chi connectivity index (χ2n) is 12.6. The van der Waals surface area contributed by atoms with Crippen LogP contribution >= 0.6 is 0 Å². The van der Waals surface area contributed by atoms with Gasteiger partial charge in [-0.25, -0.2) is 26.4 Å². The van der Waals surface area contributed by atoms with Crippen molar-refractivity contribution in [3.63, 3.8) is 0 Å². The highest BCUT2D eigenvalue weighted by Gasteiger charge is 2.56. The Balaban J connectivity index is 1.33. The summed E-state index contributed by atoms with van der Waals surface area (Å²) in [6, 6.07) is 8.50. The van der Waals surface area contributed by atoms with Gasteiger partial charge in [-0.05, 0) is 92.1 Å². The summed E-state index contributed by atoms with van der Waals surface area (Å²) in [5.74, 6) is 0.736. The normalized spacial score (nSPS) is 23.9. The Hall–Kier alpha value is -4.03. The van der Waals surface area contributed by atoms with Crippen molar-refractivity contribution in [1.82, 2.24) is 28.9 Å². The number of aromatic nitrogens is 5. The standard InChI is InChI=1S/C33H33F3N6O2S/c1-21-10-11-37-29(12-21)31(43)32-14-22-18-39-41(25-8-5-24(34)6-9-25)30(22)13-23(32)4-7-26(15-32)42(27-16-33(35,36)17-27)45(3,44)28-19-38-40(2)20-28/h5-6,8-13,18-20,26-27H,3-4,7,14-17H2,1-2H3/t26-,32-,45?/m0/s1. The number of allylic oxidation sites excluding steroid dienone is 1. The smallest absolute Gasteiger partial charge is 0.251 e. The molecular formula is C33H33F3N6O2S. The summed E-state index contributed by atoms with van der Waals surface area (Å²) in [5, 5.41) is 8.77. The molecule has 4 aromatic rings. The lowest BCUT2D eigenvalue weighted by molar-refractivity contribution is -0.115. The van der Waals surface area contributed by atoms with E-state index >= 15 is 0 Å². The number of halogens is 3. The van der Waals surface area contributed by atoms with Crippen LogP contribution in [0, 0.1) is 18.2 Å². The van der Waals surface area contributed by atoms with Crippen molar-refractivity contribution in [3.8, 4) is 5.69 Å². The van der Waals surface area contributed by atoms with Crippen LogP contribution in [-0.4, -0.2) is 62.7 Å². The third-order valence-electron chi connectivity index (χ3n) is 9.47. The van der Waals surface area contributed by atoms with Gasteiger partial charge in [-0.3, -0.25) is 14.5 Å². The van der Waals surface area contributed by atoms with E-state index in [4.69, 9.17) is 0 Å². The molecular weight excluding hydrogens is 601 g/mol. The molecule has 234 valence electrons. The molecule has 2 fully saturated rings. The quantitative estimate of drug-likeness (QED) is 0.195. The van der Waals surface area contributed by atoms with E-state index in [0.29, 0.717) is 35.5 Å². The van der Waals surface area contributed by atoms with Crippen LogP contribution in [0.2, 0.25) is 0 Å². The Morgan fingerprint density at radius 2 is 1.84 bits per heavy atom. The van der Waals surface area contributed by atoms with Crippen LogP contribution in [0.15, 0.2) is 71.7 Å². The molecule has 7 rings (SSSR count). The van der Waals surface area contributed by atoms with Gasteiger partial charge >= 0.3 is 0 Å². The Labute approximate surface area is 259 Å². The average molecular weight is 635 g/mol. The number of aryl methyl sites for hydroxylation is 2. The Morgan fingerprint density at radius 3 is 2.51 bits per heavy atom. The third-order valence-corrected chi connectivity index (χ3v) is 11.7. The fourth-order valence-electron chi connectivity index (χ4n) is 7.27. The third kappa shape index (κ3) is 5.04. The molecule has 0 N–H and O–H groups in total. The molecule has 3 aliphatic rings. The lowest BCUT2D eigenvalue weighted by Crippen LogP contribution is -2.59. The first-order valence-corrected chi connectivity index (χ1v) is 16.6. The minimum absolute atomic E-state index is 0.168. The number of fused-ring (bicyclic) bond motifs is 2. The highest BCUT2D eigenvalue weighted by molar-refractivity contribution is 7.98. The molecule has 3 aliphatic carbocycles. The van der Waals surface area contributed by atoms with E-state index in [1.165, 1.54) is 23.0 Å². The van der Waals surface area contributed by atoms with Crippen LogP contribution in [0.3, 0.4) is 0 Å². The molecule has 12 heteroatoms. The zero-order chi connectivity index (χ0) is 31.7. The van der Waals surface area contributed by atoms with E-state index in [1.54, 1.807) is 52.8 Å². The van der Waals surface area contributed by atoms with Gasteiger partial charge in [0.25, 0.3) is 5.92 Å². The predicted molar refractivity (Wildman–Crippen MR) is 165 cm³/mol. The van der Waals surface area contributed by atoms with Crippen molar-refractivity contribution in [2.24, 2.45) is 12.5 Å². The minimum atomic E-state index is -3.22. The maximum Gasteiger partial charge on any atom is 0.251 e. The minimum Gasteiger partial charge on any atom is -0.291 e. The van der Waals surface area contributed by atoms with Gasteiger partial charge in [0.15, 0.2) is 5.78 Å². The molecule has 3 aromatic heterocycles. The number of alkyl halides is 2. The number of pyridine rings is 1. The van der Waals surface area contributed by atoms with Gasteiger partial charge in [0.1, 0.15) is 11.5 Å². The van der Waals surface area contributed by atoms with Crippen LogP contribution in [0.25, 0.3) is 11.8 Å². The molecule has 45 heavy (non-hydrogen) atoms. The molecule has 3 heterocycles. The highest BCUT2D eigenvalue weighted by atomic mass is 32.2. The van der Waals surface area contributed by atoms with Gasteiger partial charge in [-0.1, -0.05) is 5.57 Å². The summed E-state index contributed by atoms with van der Waals surface area (Å²) in [7, 11) is -1.52. The molecule has 0 bridgehead atoms. The zero-order valence-electron chi connectivity index (χ0n) is 25.0. The van der Waals surface area contributed by atoms with E-state index in [-0.39, 0.29) is 18.0 Å². The van der Waals surface area contributed by atoms with Crippen molar-refractivity contribution in [2.45, 2.75) is 68.4 Å². The summed E-state index contributed by atoms with van der Waals surface area (Å²) in [4.78, 5) is 19.5. The Morgan fingerprint density at radius 1 is 1.09 bits per heavy atom. The lowest BCUT2D eigenvalue weighted by Gasteiger charge is -2.52. The average Bonchev–Trinajstić information content (AvgIpc) is 3.61. The number of carbonyl (C=O) groups excluding carboxylic acids is 1. The van der Waals surface area contributed by atoms with Crippen molar-refractivity contribution in [1.29, 1.82) is 0 Å². The molecule has 0 saturated heterocycles. The number of benzene rings is 1. The number of nitrogens with zero attached hydrogens (tertiary/aromatic N) is 6. The molecule has 8 nitrogen and oxygen atoms in total. The van der Waals surface area contributed by atoms with Crippen LogP contribution in [0.1, 0.15) is 59.4 Å². The van der Waals surface area contributed by atoms with Gasteiger partial charge < -0.3 is 0 Å². The van der Waals surface area contributed by atoms with E-state index in [2.05, 4.69) is 21.1 Å². The second kappa shape index (κ2) is 10.5. The van der Waals surface area contributed by atoms with Crippen molar-refractivity contribution in [3.05, 3.63) is 95.1 Å². The van der Waals surface area contributed by atoms with Crippen LogP contribution in [0.4, 0.5) is 13.2 Å². The van der Waals surface area contributed by atoms with Gasteiger partial charge in [0, 0.05) is 44.4 Å². The van der Waals surface area contributed by atoms with Gasteiger partial charge in [0.2, 0.25) is 0 Å². The maximum absolute atomic E-state index is 14.7. The lowest BCUT2D eigenvalue weighted by atomic mass is 9.60. The SMILES string of the molecule is C=S(=O)(c1cnn(C)c1)N(C1CC(F)(F)C1)[C@H]1CCC2=Cc3c(cnn3-c3ccc(F)cc3)C[C@]2(C(=O)c2cc(C)ccn2)C1. The molecule has 0 radical (unpaired) electrons. The summed E-state index contributed by atoms with van der Waals surface area (Å²) < 4.78 is 61.8. The van der Waals surface area contributed by atoms with Crippen molar-refractivity contribution in [2.75, 3.05) is 0 Å². The van der Waals surface area contributed by atoms with E-state index < -0.39 is 46.0 Å². The first-order valence-electron chi connectivity index (χ1n) is 14.9. The summed E-state index contributed by atoms with van der Waals surface area (Å²) in [6.45, 7) is 1.90. The molecule has 0 spiro atoms. The van der Waals surface area contributed by atoms with Gasteiger partial charge in [0.05, 0.1) is 43.8 Å².